The summed E-state index contributed by atoms with van der Waals surface area (Å²) in [6.07, 6.45) is 2.05. The van der Waals surface area contributed by atoms with Crippen molar-refractivity contribution in [3.63, 3.8) is 0 Å². The Hall–Kier alpha value is -4.90. The Morgan fingerprint density at radius 3 is 2.26 bits per heavy atom. The van der Waals surface area contributed by atoms with Crippen LogP contribution < -0.4 is 16.0 Å². The SMILES string of the molecule is Cc1nc(-c2ccc(NC(=O)N[C@@H](Cc3ccc(O)cc3)C(=O)N[C@H]3CCC[N+](C)(Cc4ccc(O)cc4)C3)cc2)no1. The summed E-state index contributed by atoms with van der Waals surface area (Å²) in [5.74, 6) is 1.02. The summed E-state index contributed by atoms with van der Waals surface area (Å²) in [6.45, 7) is 4.23. The van der Waals surface area contributed by atoms with Crippen molar-refractivity contribution < 1.29 is 28.8 Å². The number of phenols is 2. The second-order valence-electron chi connectivity index (χ2n) is 11.4. The zero-order chi connectivity index (χ0) is 30.4. The molecule has 3 atom stereocenters. The third-order valence-corrected chi connectivity index (χ3v) is 7.69. The highest BCUT2D eigenvalue weighted by molar-refractivity contribution is 5.94. The predicted octanol–water partition coefficient (Wildman–Crippen LogP) is 4.11. The molecule has 0 aliphatic carbocycles. The lowest BCUT2D eigenvalue weighted by molar-refractivity contribution is -0.927. The molecule has 224 valence electrons. The number of carbonyl (C=O) groups excluding carboxylic acids is 2. The molecule has 0 spiro atoms. The van der Waals surface area contributed by atoms with E-state index in [9.17, 15) is 19.8 Å². The van der Waals surface area contributed by atoms with Gasteiger partial charge in [0.25, 0.3) is 0 Å². The highest BCUT2D eigenvalue weighted by Gasteiger charge is 2.34. The standard InChI is InChI=1S/C32H36N6O5/c1-21-33-30(37-43-21)24-9-11-25(12-10-24)35-32(42)36-29(18-22-5-13-27(39)14-6-22)31(41)34-26-4-3-17-38(2,20-26)19-23-7-15-28(40)16-8-23/h5-16,26,29H,3-4,17-20H2,1-2H3,(H4-,34,35,36,37,39,40,41,42)/p+1/t26-,29-,38?/m0/s1. The molecule has 1 aliphatic rings. The van der Waals surface area contributed by atoms with Crippen molar-refractivity contribution in [1.29, 1.82) is 0 Å². The van der Waals surface area contributed by atoms with Gasteiger partial charge in [0.05, 0.1) is 26.2 Å². The normalized spacial score (nSPS) is 18.9. The molecular formula is C32H37N6O5+. The van der Waals surface area contributed by atoms with Gasteiger partial charge in [-0.15, -0.1) is 0 Å². The monoisotopic (exact) mass is 585 g/mol. The first-order chi connectivity index (χ1) is 20.6. The minimum Gasteiger partial charge on any atom is -0.508 e. The fourth-order valence-electron chi connectivity index (χ4n) is 5.56. The number of phenolic OH excluding ortho intramolecular Hbond substituents is 2. The molecule has 1 fully saturated rings. The molecule has 1 saturated heterocycles. The van der Waals surface area contributed by atoms with Crippen molar-refractivity contribution in [3.05, 3.63) is 89.8 Å². The van der Waals surface area contributed by atoms with Crippen LogP contribution >= 0.6 is 0 Å². The van der Waals surface area contributed by atoms with E-state index in [1.165, 1.54) is 0 Å². The number of rotatable bonds is 9. The molecule has 0 radical (unpaired) electrons. The zero-order valence-electron chi connectivity index (χ0n) is 24.3. The van der Waals surface area contributed by atoms with Gasteiger partial charge in [-0.25, -0.2) is 4.79 Å². The number of aryl methyl sites for hydroxylation is 1. The summed E-state index contributed by atoms with van der Waals surface area (Å²) < 4.78 is 5.79. The van der Waals surface area contributed by atoms with Gasteiger partial charge < -0.3 is 35.2 Å². The van der Waals surface area contributed by atoms with Gasteiger partial charge in [0, 0.05) is 30.2 Å². The number of piperidine rings is 1. The molecule has 0 saturated carbocycles. The highest BCUT2D eigenvalue weighted by Crippen LogP contribution is 2.23. The molecule has 43 heavy (non-hydrogen) atoms. The van der Waals surface area contributed by atoms with Crippen LogP contribution in [0.4, 0.5) is 10.5 Å². The maximum absolute atomic E-state index is 13.6. The molecule has 4 aromatic rings. The summed E-state index contributed by atoms with van der Waals surface area (Å²) in [6, 6.07) is 19.4. The van der Waals surface area contributed by atoms with E-state index in [0.29, 0.717) is 17.4 Å². The fraction of sp³-hybridized carbons (Fsp3) is 0.312. The number of carbonyl (C=O) groups is 2. The maximum atomic E-state index is 13.6. The van der Waals surface area contributed by atoms with Crippen LogP contribution in [0.5, 0.6) is 11.5 Å². The third-order valence-electron chi connectivity index (χ3n) is 7.69. The van der Waals surface area contributed by atoms with Crippen LogP contribution in [0.3, 0.4) is 0 Å². The molecule has 11 heteroatoms. The van der Waals surface area contributed by atoms with E-state index < -0.39 is 12.1 Å². The number of hydrogen-bond acceptors (Lipinski definition) is 7. The Bertz CT molecular complexity index is 1540. The lowest BCUT2D eigenvalue weighted by Gasteiger charge is -2.42. The van der Waals surface area contributed by atoms with E-state index in [-0.39, 0.29) is 29.9 Å². The molecular weight excluding hydrogens is 548 g/mol. The smallest absolute Gasteiger partial charge is 0.319 e. The molecule has 5 rings (SSSR count). The summed E-state index contributed by atoms with van der Waals surface area (Å²) in [5.41, 5.74) is 3.21. The van der Waals surface area contributed by atoms with E-state index in [1.54, 1.807) is 67.6 Å². The molecule has 5 N–H and O–H groups in total. The van der Waals surface area contributed by atoms with E-state index in [1.807, 2.05) is 12.1 Å². The number of aromatic nitrogens is 2. The highest BCUT2D eigenvalue weighted by atomic mass is 16.5. The van der Waals surface area contributed by atoms with Crippen LogP contribution in [-0.4, -0.2) is 69.0 Å². The molecule has 11 nitrogen and oxygen atoms in total. The quantitative estimate of drug-likeness (QED) is 0.186. The van der Waals surface area contributed by atoms with Gasteiger partial charge in [0.15, 0.2) is 0 Å². The van der Waals surface area contributed by atoms with Crippen molar-refractivity contribution in [2.75, 3.05) is 25.5 Å². The van der Waals surface area contributed by atoms with Gasteiger partial charge in [-0.2, -0.15) is 4.98 Å². The maximum Gasteiger partial charge on any atom is 0.319 e. The third kappa shape index (κ3) is 8.10. The number of nitrogens with zero attached hydrogens (tertiary/aromatic N) is 3. The van der Waals surface area contributed by atoms with Crippen LogP contribution in [0.15, 0.2) is 77.3 Å². The van der Waals surface area contributed by atoms with E-state index >= 15 is 0 Å². The minimum atomic E-state index is -0.844. The van der Waals surface area contributed by atoms with Crippen molar-refractivity contribution >= 4 is 17.6 Å². The second-order valence-corrected chi connectivity index (χ2v) is 11.4. The number of benzene rings is 3. The molecule has 1 unspecified atom stereocenters. The molecule has 0 bridgehead atoms. The van der Waals surface area contributed by atoms with Crippen LogP contribution in [0.25, 0.3) is 11.4 Å². The Kier molecular flexibility index (Phi) is 8.91. The number of amides is 3. The van der Waals surface area contributed by atoms with Gasteiger partial charge in [-0.3, -0.25) is 4.79 Å². The van der Waals surface area contributed by atoms with Gasteiger partial charge in [-0.1, -0.05) is 17.3 Å². The van der Waals surface area contributed by atoms with Gasteiger partial charge in [0.2, 0.25) is 17.6 Å². The second kappa shape index (κ2) is 13.0. The van der Waals surface area contributed by atoms with E-state index in [2.05, 4.69) is 33.1 Å². The number of likely N-dealkylation sites (tertiary alicyclic amines) is 1. The average Bonchev–Trinajstić information content (AvgIpc) is 3.41. The average molecular weight is 586 g/mol. The van der Waals surface area contributed by atoms with Crippen LogP contribution in [0.1, 0.15) is 29.9 Å². The van der Waals surface area contributed by atoms with Crippen LogP contribution in [-0.2, 0) is 17.8 Å². The Morgan fingerprint density at radius 2 is 1.63 bits per heavy atom. The number of quaternary nitrogens is 1. The van der Waals surface area contributed by atoms with Crippen LogP contribution in [0.2, 0.25) is 0 Å². The van der Waals surface area contributed by atoms with Gasteiger partial charge >= 0.3 is 6.03 Å². The van der Waals surface area contributed by atoms with Crippen molar-refractivity contribution in [2.24, 2.45) is 0 Å². The zero-order valence-corrected chi connectivity index (χ0v) is 24.3. The van der Waals surface area contributed by atoms with Gasteiger partial charge in [0.1, 0.15) is 24.1 Å². The Morgan fingerprint density at radius 1 is 0.977 bits per heavy atom. The lowest BCUT2D eigenvalue weighted by atomic mass is 10.00. The summed E-state index contributed by atoms with van der Waals surface area (Å²) in [7, 11) is 2.18. The summed E-state index contributed by atoms with van der Waals surface area (Å²) >= 11 is 0. The first kappa shape index (κ1) is 29.6. The number of nitrogens with one attached hydrogen (secondary N) is 3. The number of likely N-dealkylation sites (N-methyl/N-ethyl adjacent to an activating group) is 1. The van der Waals surface area contributed by atoms with Crippen molar-refractivity contribution in [2.45, 2.75) is 44.8 Å². The van der Waals surface area contributed by atoms with Crippen molar-refractivity contribution in [1.82, 2.24) is 20.8 Å². The Balaban J connectivity index is 1.24. The number of hydrogen-bond donors (Lipinski definition) is 5. The largest absolute Gasteiger partial charge is 0.508 e. The molecule has 3 amide bonds. The number of aromatic hydroxyl groups is 2. The first-order valence-electron chi connectivity index (χ1n) is 14.3. The number of anilines is 1. The fourth-order valence-corrected chi connectivity index (χ4v) is 5.56. The Labute approximate surface area is 250 Å². The summed E-state index contributed by atoms with van der Waals surface area (Å²) in [4.78, 5) is 30.9. The molecule has 1 aliphatic heterocycles. The molecule has 2 heterocycles. The van der Waals surface area contributed by atoms with Crippen LogP contribution in [0, 0.1) is 6.92 Å². The molecule has 3 aromatic carbocycles. The van der Waals surface area contributed by atoms with Crippen molar-refractivity contribution in [3.8, 4) is 22.9 Å². The minimum absolute atomic E-state index is 0.0585. The number of urea groups is 1. The predicted molar refractivity (Wildman–Crippen MR) is 161 cm³/mol. The van der Waals surface area contributed by atoms with E-state index in [4.69, 9.17) is 4.52 Å². The molecule has 1 aromatic heterocycles. The lowest BCUT2D eigenvalue weighted by Crippen LogP contribution is -2.59. The summed E-state index contributed by atoms with van der Waals surface area (Å²) in [5, 5.41) is 32.1. The topological polar surface area (TPSA) is 150 Å². The first-order valence-corrected chi connectivity index (χ1v) is 14.3. The van der Waals surface area contributed by atoms with E-state index in [0.717, 1.165) is 53.6 Å². The van der Waals surface area contributed by atoms with Gasteiger partial charge in [-0.05, 0) is 79.1 Å².